The van der Waals surface area contributed by atoms with Gasteiger partial charge in [0.25, 0.3) is 0 Å². The Kier molecular flexibility index (Phi) is 10.4. The molecule has 3 rings (SSSR count). The van der Waals surface area contributed by atoms with Crippen LogP contribution in [0.5, 0.6) is 0 Å². The second-order valence-electron chi connectivity index (χ2n) is 7.76. The van der Waals surface area contributed by atoms with Crippen LogP contribution < -0.4 is 16.0 Å². The lowest BCUT2D eigenvalue weighted by molar-refractivity contribution is -0.126. The number of halogens is 1. The van der Waals surface area contributed by atoms with Crippen molar-refractivity contribution in [3.8, 4) is 0 Å². The Hall–Kier alpha value is -1.16. The van der Waals surface area contributed by atoms with Gasteiger partial charge in [-0.1, -0.05) is 36.8 Å². The van der Waals surface area contributed by atoms with Crippen molar-refractivity contribution in [2.24, 2.45) is 10.9 Å². The second kappa shape index (κ2) is 12.5. The number of nitrogens with one attached hydrogen (secondary N) is 3. The molecule has 0 aromatic heterocycles. The summed E-state index contributed by atoms with van der Waals surface area (Å²) in [6, 6.07) is 10.6. The van der Waals surface area contributed by atoms with Crippen LogP contribution in [0.15, 0.2) is 35.3 Å². The number of carbonyl (C=O) groups is 1. The number of carbonyl (C=O) groups excluding carboxylic acids is 1. The molecule has 8 heteroatoms. The maximum atomic E-state index is 12.3. The smallest absolute Gasteiger partial charge is 0.223 e. The van der Waals surface area contributed by atoms with E-state index in [9.17, 15) is 9.00 Å². The fraction of sp³-hybridized carbons (Fsp3) is 0.619. The topological polar surface area (TPSA) is 82.6 Å². The number of aliphatic imine (C=N–C) groups is 1. The molecule has 3 N–H and O–H groups in total. The quantitative estimate of drug-likeness (QED) is 0.273. The van der Waals surface area contributed by atoms with Gasteiger partial charge in [-0.3, -0.25) is 14.0 Å². The molecule has 29 heavy (non-hydrogen) atoms. The minimum absolute atomic E-state index is 0. The molecule has 2 saturated carbocycles. The van der Waals surface area contributed by atoms with Crippen LogP contribution in [0.2, 0.25) is 0 Å². The van der Waals surface area contributed by atoms with Crippen molar-refractivity contribution in [2.45, 2.75) is 56.4 Å². The van der Waals surface area contributed by atoms with Crippen LogP contribution in [0.1, 0.15) is 44.1 Å². The van der Waals surface area contributed by atoms with Gasteiger partial charge in [-0.2, -0.15) is 0 Å². The number of guanidine groups is 1. The van der Waals surface area contributed by atoms with Gasteiger partial charge < -0.3 is 16.0 Å². The number of amides is 1. The highest BCUT2D eigenvalue weighted by atomic mass is 127. The van der Waals surface area contributed by atoms with E-state index in [-0.39, 0.29) is 41.8 Å². The lowest BCUT2D eigenvalue weighted by Gasteiger charge is -2.30. The Labute approximate surface area is 193 Å². The van der Waals surface area contributed by atoms with Crippen LogP contribution in [0.3, 0.4) is 0 Å². The van der Waals surface area contributed by atoms with E-state index in [4.69, 9.17) is 0 Å². The SMILES string of the molecule is CN=C(NCCS(=O)Cc1ccccc1)NC1CCCC(C(=O)NC2CC2)C1.I. The van der Waals surface area contributed by atoms with Gasteiger partial charge in [0, 0.05) is 53.9 Å². The fourth-order valence-electron chi connectivity index (χ4n) is 3.61. The first kappa shape index (κ1) is 24.1. The van der Waals surface area contributed by atoms with E-state index in [2.05, 4.69) is 20.9 Å². The Morgan fingerprint density at radius 2 is 1.86 bits per heavy atom. The average Bonchev–Trinajstić information content (AvgIpc) is 3.52. The Morgan fingerprint density at radius 3 is 2.55 bits per heavy atom. The summed E-state index contributed by atoms with van der Waals surface area (Å²) in [5.41, 5.74) is 1.10. The molecule has 0 spiro atoms. The molecule has 0 saturated heterocycles. The van der Waals surface area contributed by atoms with E-state index in [0.29, 0.717) is 24.1 Å². The molecule has 1 amide bonds. The molecule has 1 aromatic rings. The maximum Gasteiger partial charge on any atom is 0.223 e. The first-order valence-electron chi connectivity index (χ1n) is 10.3. The van der Waals surface area contributed by atoms with Crippen LogP contribution in [0, 0.1) is 5.92 Å². The number of nitrogens with zero attached hydrogens (tertiary/aromatic N) is 1. The summed E-state index contributed by atoms with van der Waals surface area (Å²) >= 11 is 0. The molecule has 1 aromatic carbocycles. The summed E-state index contributed by atoms with van der Waals surface area (Å²) in [6.45, 7) is 0.609. The molecular weight excluding hydrogens is 499 g/mol. The van der Waals surface area contributed by atoms with Gasteiger partial charge in [-0.15, -0.1) is 24.0 Å². The third kappa shape index (κ3) is 8.62. The molecule has 3 atom stereocenters. The summed E-state index contributed by atoms with van der Waals surface area (Å²) in [4.78, 5) is 16.6. The summed E-state index contributed by atoms with van der Waals surface area (Å²) in [6.07, 6.45) is 6.18. The van der Waals surface area contributed by atoms with Gasteiger partial charge >= 0.3 is 0 Å². The van der Waals surface area contributed by atoms with E-state index in [1.807, 2.05) is 30.3 Å². The molecule has 0 heterocycles. The van der Waals surface area contributed by atoms with Crippen molar-refractivity contribution in [3.05, 3.63) is 35.9 Å². The standard InChI is InChI=1S/C21H32N4O2S.HI/c1-22-21(23-12-13-28(27)15-16-6-3-2-4-7-16)25-19-9-5-8-17(14-19)20(26)24-18-10-11-18;/h2-4,6-7,17-19H,5,8-15H2,1H3,(H,24,26)(H2,22,23,25);1H. The molecule has 162 valence electrons. The summed E-state index contributed by atoms with van der Waals surface area (Å²) in [5.74, 6) is 2.20. The molecule has 2 aliphatic rings. The van der Waals surface area contributed by atoms with Crippen molar-refractivity contribution in [1.29, 1.82) is 0 Å². The Bertz CT molecular complexity index is 697. The van der Waals surface area contributed by atoms with Crippen molar-refractivity contribution in [3.63, 3.8) is 0 Å². The van der Waals surface area contributed by atoms with Crippen molar-refractivity contribution in [1.82, 2.24) is 16.0 Å². The normalized spacial score (nSPS) is 22.9. The largest absolute Gasteiger partial charge is 0.355 e. The van der Waals surface area contributed by atoms with E-state index in [1.54, 1.807) is 7.05 Å². The molecule has 3 unspecified atom stereocenters. The number of rotatable bonds is 8. The molecule has 2 aliphatic carbocycles. The van der Waals surface area contributed by atoms with Crippen LogP contribution in [0.4, 0.5) is 0 Å². The van der Waals surface area contributed by atoms with Crippen molar-refractivity contribution >= 4 is 46.6 Å². The zero-order chi connectivity index (χ0) is 19.8. The second-order valence-corrected chi connectivity index (χ2v) is 9.34. The van der Waals surface area contributed by atoms with E-state index < -0.39 is 10.8 Å². The van der Waals surface area contributed by atoms with Gasteiger partial charge in [-0.05, 0) is 37.7 Å². The van der Waals surface area contributed by atoms with Crippen molar-refractivity contribution < 1.29 is 9.00 Å². The number of hydrogen-bond donors (Lipinski definition) is 3. The van der Waals surface area contributed by atoms with E-state index in [0.717, 1.165) is 50.0 Å². The van der Waals surface area contributed by atoms with Gasteiger partial charge in [0.1, 0.15) is 0 Å². The molecule has 6 nitrogen and oxygen atoms in total. The third-order valence-electron chi connectivity index (χ3n) is 5.33. The fourth-order valence-corrected chi connectivity index (χ4v) is 4.65. The average molecular weight is 532 g/mol. The zero-order valence-electron chi connectivity index (χ0n) is 17.1. The Balaban J connectivity index is 0.00000300. The summed E-state index contributed by atoms with van der Waals surface area (Å²) in [7, 11) is 0.840. The first-order valence-corrected chi connectivity index (χ1v) is 11.8. The van der Waals surface area contributed by atoms with Crippen LogP contribution in [-0.2, 0) is 21.3 Å². The maximum absolute atomic E-state index is 12.3. The predicted molar refractivity (Wildman–Crippen MR) is 130 cm³/mol. The molecule has 0 aliphatic heterocycles. The van der Waals surface area contributed by atoms with E-state index >= 15 is 0 Å². The van der Waals surface area contributed by atoms with Crippen LogP contribution >= 0.6 is 24.0 Å². The lowest BCUT2D eigenvalue weighted by Crippen LogP contribution is -2.47. The predicted octanol–water partition coefficient (Wildman–Crippen LogP) is 2.56. The molecule has 0 radical (unpaired) electrons. The van der Waals surface area contributed by atoms with Crippen LogP contribution in [-0.4, -0.2) is 47.5 Å². The number of hydrogen-bond acceptors (Lipinski definition) is 3. The zero-order valence-corrected chi connectivity index (χ0v) is 20.2. The Morgan fingerprint density at radius 1 is 1.10 bits per heavy atom. The van der Waals surface area contributed by atoms with Gasteiger partial charge in [0.15, 0.2) is 5.96 Å². The van der Waals surface area contributed by atoms with E-state index in [1.165, 1.54) is 0 Å². The third-order valence-corrected chi connectivity index (χ3v) is 6.64. The highest BCUT2D eigenvalue weighted by Gasteiger charge is 2.31. The molecule has 0 bridgehead atoms. The monoisotopic (exact) mass is 532 g/mol. The minimum atomic E-state index is -0.906. The lowest BCUT2D eigenvalue weighted by atomic mass is 9.85. The van der Waals surface area contributed by atoms with Gasteiger partial charge in [-0.25, -0.2) is 0 Å². The molecule has 2 fully saturated rings. The van der Waals surface area contributed by atoms with Crippen molar-refractivity contribution in [2.75, 3.05) is 19.3 Å². The van der Waals surface area contributed by atoms with Crippen LogP contribution in [0.25, 0.3) is 0 Å². The van der Waals surface area contributed by atoms with Gasteiger partial charge in [0.2, 0.25) is 5.91 Å². The van der Waals surface area contributed by atoms with Gasteiger partial charge in [0.05, 0.1) is 0 Å². The highest BCUT2D eigenvalue weighted by Crippen LogP contribution is 2.26. The minimum Gasteiger partial charge on any atom is -0.355 e. The summed E-state index contributed by atoms with van der Waals surface area (Å²) in [5, 5.41) is 9.84. The first-order chi connectivity index (χ1) is 13.6. The summed E-state index contributed by atoms with van der Waals surface area (Å²) < 4.78 is 12.2. The molecular formula is C21H33IN4O2S. The highest BCUT2D eigenvalue weighted by molar-refractivity contribution is 14.0. The number of benzene rings is 1.